The summed E-state index contributed by atoms with van der Waals surface area (Å²) in [5.41, 5.74) is 1.39. The second-order valence-electron chi connectivity index (χ2n) is 8.16. The zero-order valence-corrected chi connectivity index (χ0v) is 16.1. The van der Waals surface area contributed by atoms with Gasteiger partial charge in [0, 0.05) is 37.8 Å². The Hall–Kier alpha value is -1.43. The van der Waals surface area contributed by atoms with Crippen molar-refractivity contribution in [2.75, 3.05) is 26.2 Å². The van der Waals surface area contributed by atoms with Gasteiger partial charge in [0.05, 0.1) is 6.54 Å². The van der Waals surface area contributed by atoms with Crippen LogP contribution in [0.15, 0.2) is 30.3 Å². The van der Waals surface area contributed by atoms with Crippen molar-refractivity contribution in [2.24, 2.45) is 5.92 Å². The molecule has 3 rings (SSSR count). The van der Waals surface area contributed by atoms with Gasteiger partial charge in [0.1, 0.15) is 0 Å². The first-order chi connectivity index (χ1) is 12.5. The van der Waals surface area contributed by atoms with Crippen molar-refractivity contribution in [1.82, 2.24) is 15.1 Å². The van der Waals surface area contributed by atoms with Crippen LogP contribution in [-0.2, 0) is 11.3 Å². The van der Waals surface area contributed by atoms with E-state index in [1.54, 1.807) is 0 Å². The van der Waals surface area contributed by atoms with Crippen molar-refractivity contribution < 1.29 is 9.90 Å². The summed E-state index contributed by atoms with van der Waals surface area (Å²) in [5, 5.41) is 12.9. The zero-order chi connectivity index (χ0) is 18.5. The van der Waals surface area contributed by atoms with Gasteiger partial charge in [0.2, 0.25) is 0 Å². The van der Waals surface area contributed by atoms with Gasteiger partial charge in [0.15, 0.2) is 0 Å². The van der Waals surface area contributed by atoms with Gasteiger partial charge in [-0.15, -0.1) is 0 Å². The number of piperidine rings is 1. The summed E-state index contributed by atoms with van der Waals surface area (Å²) < 4.78 is 0. The number of hydrogen-bond donors (Lipinski definition) is 2. The number of aliphatic carboxylic acids is 1. The summed E-state index contributed by atoms with van der Waals surface area (Å²) in [6.45, 7) is 8.68. The quantitative estimate of drug-likeness (QED) is 0.747. The number of carboxylic acid groups (broad SMARTS) is 1. The van der Waals surface area contributed by atoms with Crippen molar-refractivity contribution in [3.8, 4) is 0 Å². The first kappa shape index (κ1) is 19.3. The third kappa shape index (κ3) is 5.29. The summed E-state index contributed by atoms with van der Waals surface area (Å²) in [4.78, 5) is 15.6. The second-order valence-corrected chi connectivity index (χ2v) is 8.16. The topological polar surface area (TPSA) is 55.8 Å². The highest BCUT2D eigenvalue weighted by Crippen LogP contribution is 2.28. The summed E-state index contributed by atoms with van der Waals surface area (Å²) in [6.07, 6.45) is 3.38. The van der Waals surface area contributed by atoms with Gasteiger partial charge in [-0.3, -0.25) is 14.6 Å². The Morgan fingerprint density at radius 2 is 1.92 bits per heavy atom. The summed E-state index contributed by atoms with van der Waals surface area (Å²) >= 11 is 0. The molecular weight excluding hydrogens is 326 g/mol. The Labute approximate surface area is 157 Å². The maximum Gasteiger partial charge on any atom is 0.317 e. The van der Waals surface area contributed by atoms with Gasteiger partial charge in [-0.05, 0) is 37.3 Å². The minimum absolute atomic E-state index is 0.166. The Kier molecular flexibility index (Phi) is 6.68. The summed E-state index contributed by atoms with van der Waals surface area (Å²) in [6, 6.07) is 12.2. The fourth-order valence-electron chi connectivity index (χ4n) is 4.58. The number of benzene rings is 1. The molecule has 1 heterocycles. The van der Waals surface area contributed by atoms with Gasteiger partial charge in [0.25, 0.3) is 0 Å². The maximum absolute atomic E-state index is 11.0. The van der Waals surface area contributed by atoms with Crippen molar-refractivity contribution in [3.63, 3.8) is 0 Å². The first-order valence-corrected chi connectivity index (χ1v) is 10.0. The third-order valence-corrected chi connectivity index (χ3v) is 5.83. The molecular formula is C21H33N3O2. The number of nitrogens with one attached hydrogen (secondary N) is 1. The molecule has 26 heavy (non-hydrogen) atoms. The van der Waals surface area contributed by atoms with Crippen LogP contribution in [-0.4, -0.2) is 65.2 Å². The standard InChI is InChI=1S/C21H33N3O2/c1-3-24(15-21(25)26)20-10-18(11-20)22-19-9-16(2)12-23(14-19)13-17-7-5-4-6-8-17/h4-8,16,18-20,22H,3,9-15H2,1-2H3,(H,25,26). The molecule has 2 unspecified atom stereocenters. The fourth-order valence-corrected chi connectivity index (χ4v) is 4.58. The smallest absolute Gasteiger partial charge is 0.317 e. The molecule has 1 aromatic rings. The normalized spacial score (nSPS) is 29.5. The number of likely N-dealkylation sites (N-methyl/N-ethyl adjacent to an activating group) is 1. The number of likely N-dealkylation sites (tertiary alicyclic amines) is 1. The van der Waals surface area contributed by atoms with Gasteiger partial charge >= 0.3 is 5.97 Å². The molecule has 2 aliphatic rings. The lowest BCUT2D eigenvalue weighted by molar-refractivity contribution is -0.139. The molecule has 1 saturated carbocycles. The average molecular weight is 360 g/mol. The van der Waals surface area contributed by atoms with E-state index >= 15 is 0 Å². The monoisotopic (exact) mass is 359 g/mol. The van der Waals surface area contributed by atoms with Crippen molar-refractivity contribution in [3.05, 3.63) is 35.9 Å². The molecule has 1 aromatic carbocycles. The molecule has 5 nitrogen and oxygen atoms in total. The van der Waals surface area contributed by atoms with E-state index in [0.717, 1.165) is 32.5 Å². The number of carbonyl (C=O) groups is 1. The van der Waals surface area contributed by atoms with E-state index < -0.39 is 5.97 Å². The molecule has 0 spiro atoms. The van der Waals surface area contributed by atoms with Gasteiger partial charge in [-0.2, -0.15) is 0 Å². The molecule has 1 aliphatic carbocycles. The average Bonchev–Trinajstić information content (AvgIpc) is 2.56. The fraction of sp³-hybridized carbons (Fsp3) is 0.667. The lowest BCUT2D eigenvalue weighted by atomic mass is 9.83. The van der Waals surface area contributed by atoms with Crippen LogP contribution < -0.4 is 5.32 Å². The van der Waals surface area contributed by atoms with Crippen molar-refractivity contribution >= 4 is 5.97 Å². The summed E-state index contributed by atoms with van der Waals surface area (Å²) in [7, 11) is 0. The minimum Gasteiger partial charge on any atom is -0.480 e. The highest BCUT2D eigenvalue weighted by atomic mass is 16.4. The van der Waals surface area contributed by atoms with Crippen molar-refractivity contribution in [2.45, 2.75) is 57.8 Å². The molecule has 0 radical (unpaired) electrons. The zero-order valence-electron chi connectivity index (χ0n) is 16.1. The lowest BCUT2D eigenvalue weighted by Crippen LogP contribution is -2.58. The van der Waals surface area contributed by atoms with Crippen molar-refractivity contribution in [1.29, 1.82) is 0 Å². The molecule has 2 N–H and O–H groups in total. The second kappa shape index (κ2) is 8.98. The lowest BCUT2D eigenvalue weighted by Gasteiger charge is -2.46. The van der Waals surface area contributed by atoms with E-state index in [-0.39, 0.29) is 6.54 Å². The molecule has 0 bridgehead atoms. The van der Waals surface area contributed by atoms with Crippen LogP contribution in [0.25, 0.3) is 0 Å². The highest BCUT2D eigenvalue weighted by Gasteiger charge is 2.36. The first-order valence-electron chi connectivity index (χ1n) is 10.0. The van der Waals surface area contributed by atoms with Crippen LogP contribution in [0.5, 0.6) is 0 Å². The number of hydrogen-bond acceptors (Lipinski definition) is 4. The van der Waals surface area contributed by atoms with Gasteiger partial charge in [-0.25, -0.2) is 0 Å². The molecule has 0 amide bonds. The molecule has 2 fully saturated rings. The van der Waals surface area contributed by atoms with E-state index in [9.17, 15) is 4.79 Å². The van der Waals surface area contributed by atoms with Gasteiger partial charge < -0.3 is 10.4 Å². The molecule has 0 aromatic heterocycles. The van der Waals surface area contributed by atoms with Crippen LogP contribution in [0.2, 0.25) is 0 Å². The Balaban J connectivity index is 1.45. The van der Waals surface area contributed by atoms with Crippen LogP contribution in [0.4, 0.5) is 0 Å². The predicted molar refractivity (Wildman–Crippen MR) is 104 cm³/mol. The largest absolute Gasteiger partial charge is 0.480 e. The van der Waals surface area contributed by atoms with E-state index in [0.29, 0.717) is 24.0 Å². The predicted octanol–water partition coefficient (Wildman–Crippen LogP) is 2.42. The Bertz CT molecular complexity index is 574. The highest BCUT2D eigenvalue weighted by molar-refractivity contribution is 5.69. The Morgan fingerprint density at radius 1 is 1.19 bits per heavy atom. The van der Waals surface area contributed by atoms with Crippen LogP contribution in [0.3, 0.4) is 0 Å². The molecule has 2 atom stereocenters. The maximum atomic E-state index is 11.0. The number of nitrogens with zero attached hydrogens (tertiary/aromatic N) is 2. The van der Waals surface area contributed by atoms with Crippen LogP contribution in [0.1, 0.15) is 38.7 Å². The van der Waals surface area contributed by atoms with E-state index in [1.165, 1.54) is 18.5 Å². The molecule has 1 saturated heterocycles. The van der Waals surface area contributed by atoms with E-state index in [1.807, 2.05) is 6.92 Å². The van der Waals surface area contributed by atoms with E-state index in [4.69, 9.17) is 5.11 Å². The van der Waals surface area contributed by atoms with E-state index in [2.05, 4.69) is 52.4 Å². The van der Waals surface area contributed by atoms with Gasteiger partial charge in [-0.1, -0.05) is 44.2 Å². The summed E-state index contributed by atoms with van der Waals surface area (Å²) in [5.74, 6) is -0.0131. The van der Waals surface area contributed by atoms with Crippen LogP contribution in [0, 0.1) is 5.92 Å². The molecule has 5 heteroatoms. The minimum atomic E-state index is -0.721. The number of carboxylic acids is 1. The Morgan fingerprint density at radius 3 is 2.58 bits per heavy atom. The molecule has 1 aliphatic heterocycles. The van der Waals surface area contributed by atoms with Crippen LogP contribution >= 0.6 is 0 Å². The third-order valence-electron chi connectivity index (χ3n) is 5.83. The number of rotatable bonds is 8. The SMILES string of the molecule is CCN(CC(=O)O)C1CC(NC2CC(C)CN(Cc3ccccc3)C2)C1. The molecule has 144 valence electrons.